The summed E-state index contributed by atoms with van der Waals surface area (Å²) in [5.41, 5.74) is 1.97. The number of rotatable bonds is 11. The van der Waals surface area contributed by atoms with Crippen molar-refractivity contribution >= 4 is 40.0 Å². The third-order valence-corrected chi connectivity index (χ3v) is 5.35. The van der Waals surface area contributed by atoms with Crippen LogP contribution in [0.25, 0.3) is 10.9 Å². The number of nitrogens with one attached hydrogen (secondary N) is 3. The molecule has 3 aromatic rings. The lowest BCUT2D eigenvalue weighted by Gasteiger charge is -2.19. The van der Waals surface area contributed by atoms with Crippen LogP contribution in [0.3, 0.4) is 0 Å². The second-order valence-electron chi connectivity index (χ2n) is 8.09. The van der Waals surface area contributed by atoms with E-state index in [1.165, 1.54) is 0 Å². The predicted octanol–water partition coefficient (Wildman–Crippen LogP) is 4.91. The topological polar surface area (TPSA) is 109 Å². The number of nitrogens with zero attached hydrogens (tertiary/aromatic N) is 1. The molecule has 3 rings (SSSR count). The van der Waals surface area contributed by atoms with E-state index >= 15 is 0 Å². The molecule has 1 heterocycles. The maximum absolute atomic E-state index is 13.0. The number of hydrogen-bond acceptors (Lipinski definition) is 5. The number of urea groups is 1. The van der Waals surface area contributed by atoms with Crippen LogP contribution in [0.1, 0.15) is 39.0 Å². The van der Waals surface area contributed by atoms with E-state index in [1.54, 1.807) is 44.5 Å². The molecule has 0 aliphatic carbocycles. The first-order valence-corrected chi connectivity index (χ1v) is 11.3. The van der Waals surface area contributed by atoms with Crippen LogP contribution in [-0.4, -0.2) is 35.9 Å². The number of anilines is 2. The standard InChI is InChI=1S/C26H30N4O4/c1-18(31)8-4-3-5-11-24(30-26(33)29-20-12-14-22(34-2)15-13-20)25(32)28-21-16-19-9-6-7-10-23(19)27-17-21/h6-7,9-10,12-17,24H,3-5,8,11H2,1-2H3,(H,28,32)(H2,29,30,33)/t24-/m0/s1. The SMILES string of the molecule is COc1ccc(NC(=O)N[C@@H](CCCCCC(C)=O)C(=O)Nc2cnc3ccccc3c2)cc1. The fraction of sp³-hybridized carbons (Fsp3) is 0.308. The lowest BCUT2D eigenvalue weighted by molar-refractivity contribution is -0.118. The Bertz CT molecular complexity index is 1130. The van der Waals surface area contributed by atoms with E-state index in [9.17, 15) is 14.4 Å². The van der Waals surface area contributed by atoms with Crippen molar-refractivity contribution in [3.8, 4) is 5.75 Å². The summed E-state index contributed by atoms with van der Waals surface area (Å²) in [5, 5.41) is 9.28. The zero-order valence-corrected chi connectivity index (χ0v) is 19.5. The Kier molecular flexibility index (Phi) is 8.96. The molecule has 8 nitrogen and oxygen atoms in total. The zero-order chi connectivity index (χ0) is 24.3. The van der Waals surface area contributed by atoms with E-state index < -0.39 is 12.1 Å². The summed E-state index contributed by atoms with van der Waals surface area (Å²) < 4.78 is 5.12. The number of para-hydroxylation sites is 1. The van der Waals surface area contributed by atoms with Crippen molar-refractivity contribution in [1.29, 1.82) is 0 Å². The van der Waals surface area contributed by atoms with Crippen molar-refractivity contribution in [2.45, 2.75) is 45.1 Å². The summed E-state index contributed by atoms with van der Waals surface area (Å²) in [6.45, 7) is 1.57. The molecule has 1 atom stereocenters. The minimum absolute atomic E-state index is 0.148. The molecule has 178 valence electrons. The number of ether oxygens (including phenoxy) is 1. The Balaban J connectivity index is 1.64. The van der Waals surface area contributed by atoms with Crippen molar-refractivity contribution in [2.75, 3.05) is 17.7 Å². The van der Waals surface area contributed by atoms with Crippen molar-refractivity contribution < 1.29 is 19.1 Å². The van der Waals surface area contributed by atoms with Gasteiger partial charge in [-0.3, -0.25) is 9.78 Å². The average molecular weight is 463 g/mol. The van der Waals surface area contributed by atoms with Crippen LogP contribution >= 0.6 is 0 Å². The molecule has 0 aliphatic heterocycles. The zero-order valence-electron chi connectivity index (χ0n) is 19.5. The van der Waals surface area contributed by atoms with Crippen molar-refractivity contribution in [3.05, 3.63) is 60.8 Å². The third kappa shape index (κ3) is 7.58. The summed E-state index contributed by atoms with van der Waals surface area (Å²) in [7, 11) is 1.57. The molecular weight excluding hydrogens is 432 g/mol. The minimum Gasteiger partial charge on any atom is -0.497 e. The van der Waals surface area contributed by atoms with E-state index in [-0.39, 0.29) is 11.7 Å². The number of carbonyl (C=O) groups is 3. The van der Waals surface area contributed by atoms with Gasteiger partial charge in [0.05, 0.1) is 24.5 Å². The van der Waals surface area contributed by atoms with Gasteiger partial charge in [-0.15, -0.1) is 0 Å². The summed E-state index contributed by atoms with van der Waals surface area (Å²) in [6, 6.07) is 15.2. The van der Waals surface area contributed by atoms with Gasteiger partial charge in [0.1, 0.15) is 17.6 Å². The molecule has 0 spiro atoms. The molecule has 0 saturated carbocycles. The van der Waals surface area contributed by atoms with Crippen molar-refractivity contribution in [1.82, 2.24) is 10.3 Å². The molecule has 0 bridgehead atoms. The normalized spacial score (nSPS) is 11.5. The highest BCUT2D eigenvalue weighted by Crippen LogP contribution is 2.18. The monoisotopic (exact) mass is 462 g/mol. The third-order valence-electron chi connectivity index (χ3n) is 5.35. The number of Topliss-reactive ketones (excluding diaryl/α,β-unsaturated/α-hetero) is 1. The van der Waals surface area contributed by atoms with E-state index in [1.807, 2.05) is 30.3 Å². The van der Waals surface area contributed by atoms with Crippen LogP contribution in [0.2, 0.25) is 0 Å². The van der Waals surface area contributed by atoms with Gasteiger partial charge in [-0.05, 0) is 56.2 Å². The number of aromatic nitrogens is 1. The maximum atomic E-state index is 13.0. The number of ketones is 1. The first-order chi connectivity index (χ1) is 16.4. The van der Waals surface area contributed by atoms with E-state index in [0.29, 0.717) is 36.4 Å². The van der Waals surface area contributed by atoms with Gasteiger partial charge in [-0.25, -0.2) is 4.79 Å². The molecule has 0 saturated heterocycles. The smallest absolute Gasteiger partial charge is 0.319 e. The fourth-order valence-electron chi connectivity index (χ4n) is 3.54. The van der Waals surface area contributed by atoms with Gasteiger partial charge in [-0.2, -0.15) is 0 Å². The molecule has 3 N–H and O–H groups in total. The van der Waals surface area contributed by atoms with Crippen LogP contribution in [0.15, 0.2) is 60.8 Å². The second kappa shape index (κ2) is 12.3. The molecule has 1 aromatic heterocycles. The number of carbonyl (C=O) groups excluding carboxylic acids is 3. The first kappa shape index (κ1) is 24.7. The van der Waals surface area contributed by atoms with Crippen LogP contribution in [0, 0.1) is 0 Å². The van der Waals surface area contributed by atoms with Gasteiger partial charge < -0.3 is 25.5 Å². The summed E-state index contributed by atoms with van der Waals surface area (Å²) in [5.74, 6) is 0.501. The van der Waals surface area contributed by atoms with Crippen LogP contribution in [0.4, 0.5) is 16.2 Å². The Labute approximate surface area is 199 Å². The summed E-state index contributed by atoms with van der Waals surface area (Å²) in [6.07, 6.45) is 4.82. The second-order valence-corrected chi connectivity index (χ2v) is 8.09. The van der Waals surface area contributed by atoms with Crippen LogP contribution in [0.5, 0.6) is 5.75 Å². The van der Waals surface area contributed by atoms with Crippen molar-refractivity contribution in [2.24, 2.45) is 0 Å². The Morgan fingerprint density at radius 1 is 0.941 bits per heavy atom. The highest BCUT2D eigenvalue weighted by molar-refractivity contribution is 6.00. The van der Waals surface area contributed by atoms with E-state index in [0.717, 1.165) is 23.7 Å². The molecular formula is C26H30N4O4. The van der Waals surface area contributed by atoms with Gasteiger partial charge >= 0.3 is 6.03 Å². The molecule has 0 radical (unpaired) electrons. The minimum atomic E-state index is -0.748. The molecule has 0 fully saturated rings. The molecule has 2 aromatic carbocycles. The fourth-order valence-corrected chi connectivity index (χ4v) is 3.54. The Morgan fingerprint density at radius 2 is 1.71 bits per heavy atom. The maximum Gasteiger partial charge on any atom is 0.319 e. The molecule has 0 aliphatic rings. The van der Waals surface area contributed by atoms with Crippen molar-refractivity contribution in [3.63, 3.8) is 0 Å². The number of methoxy groups -OCH3 is 1. The summed E-state index contributed by atoms with van der Waals surface area (Å²) in [4.78, 5) is 41.2. The van der Waals surface area contributed by atoms with E-state index in [2.05, 4.69) is 20.9 Å². The predicted molar refractivity (Wildman–Crippen MR) is 133 cm³/mol. The number of unbranched alkanes of at least 4 members (excludes halogenated alkanes) is 2. The van der Waals surface area contributed by atoms with Gasteiger partial charge in [0.2, 0.25) is 5.91 Å². The lowest BCUT2D eigenvalue weighted by atomic mass is 10.1. The van der Waals surface area contributed by atoms with Gasteiger partial charge in [-0.1, -0.05) is 31.0 Å². The Morgan fingerprint density at radius 3 is 2.44 bits per heavy atom. The van der Waals surface area contributed by atoms with Crippen LogP contribution < -0.4 is 20.7 Å². The molecule has 8 heteroatoms. The summed E-state index contributed by atoms with van der Waals surface area (Å²) >= 11 is 0. The number of pyridine rings is 1. The molecule has 34 heavy (non-hydrogen) atoms. The molecule has 0 unspecified atom stereocenters. The van der Waals surface area contributed by atoms with E-state index in [4.69, 9.17) is 4.74 Å². The molecule has 3 amide bonds. The number of amides is 3. The number of fused-ring (bicyclic) bond motifs is 1. The van der Waals surface area contributed by atoms with Gasteiger partial charge in [0.25, 0.3) is 0 Å². The van der Waals surface area contributed by atoms with Gasteiger partial charge in [0, 0.05) is 17.5 Å². The number of hydrogen-bond donors (Lipinski definition) is 3. The lowest BCUT2D eigenvalue weighted by Crippen LogP contribution is -2.45. The van der Waals surface area contributed by atoms with Crippen LogP contribution in [-0.2, 0) is 9.59 Å². The van der Waals surface area contributed by atoms with Gasteiger partial charge in [0.15, 0.2) is 0 Å². The largest absolute Gasteiger partial charge is 0.497 e. The number of benzene rings is 2. The highest BCUT2D eigenvalue weighted by Gasteiger charge is 2.21. The first-order valence-electron chi connectivity index (χ1n) is 11.3. The average Bonchev–Trinajstić information content (AvgIpc) is 2.83. The highest BCUT2D eigenvalue weighted by atomic mass is 16.5. The quantitative estimate of drug-likeness (QED) is 0.351. The Hall–Kier alpha value is -3.94.